The molecule has 2 heteroatoms. The summed E-state index contributed by atoms with van der Waals surface area (Å²) in [6, 6.07) is 2.19. The van der Waals surface area contributed by atoms with Gasteiger partial charge in [0, 0.05) is 12.0 Å². The molecule has 0 aliphatic carbocycles. The molecule has 0 atom stereocenters. The van der Waals surface area contributed by atoms with Crippen LogP contribution in [-0.4, -0.2) is 18.9 Å². The maximum Gasteiger partial charge on any atom is 0.163 e. The molecular weight excluding hydrogens is 234 g/mol. The predicted molar refractivity (Wildman–Crippen MR) is 79.9 cm³/mol. The molecule has 0 unspecified atom stereocenters. The lowest BCUT2D eigenvalue weighted by Crippen LogP contribution is -2.29. The largest absolute Gasteiger partial charge is 0.317 e. The zero-order valence-corrected chi connectivity index (χ0v) is 12.6. The van der Waals surface area contributed by atoms with Crippen LogP contribution in [0, 0.1) is 33.6 Å². The third kappa shape index (κ3) is 3.06. The van der Waals surface area contributed by atoms with Gasteiger partial charge in [0.15, 0.2) is 5.78 Å². The maximum atomic E-state index is 12.6. The van der Waals surface area contributed by atoms with Crippen molar-refractivity contribution >= 4 is 5.78 Å². The number of carbonyl (C=O) groups is 1. The highest BCUT2D eigenvalue weighted by atomic mass is 16.1. The van der Waals surface area contributed by atoms with Crippen molar-refractivity contribution in [3.8, 4) is 0 Å². The van der Waals surface area contributed by atoms with Crippen molar-refractivity contribution in [2.24, 2.45) is 5.92 Å². The highest BCUT2D eigenvalue weighted by molar-refractivity contribution is 5.99. The van der Waals surface area contributed by atoms with Gasteiger partial charge >= 0.3 is 0 Å². The summed E-state index contributed by atoms with van der Waals surface area (Å²) < 4.78 is 0. The SMILES string of the molecule is Cc1cc(C)c(C)c(C(=O)CC2CCNCC2)c1C. The predicted octanol–water partition coefficient (Wildman–Crippen LogP) is 3.49. The van der Waals surface area contributed by atoms with E-state index in [-0.39, 0.29) is 0 Å². The standard InChI is InChI=1S/C17H25NO/c1-11-9-12(2)14(4)17(13(11)3)16(19)10-15-5-7-18-8-6-15/h9,15,18H,5-8,10H2,1-4H3. The molecule has 0 saturated carbocycles. The lowest BCUT2D eigenvalue weighted by atomic mass is 9.85. The first kappa shape index (κ1) is 14.3. The van der Waals surface area contributed by atoms with Crippen molar-refractivity contribution in [2.75, 3.05) is 13.1 Å². The van der Waals surface area contributed by atoms with E-state index < -0.39 is 0 Å². The van der Waals surface area contributed by atoms with Gasteiger partial charge in [0.05, 0.1) is 0 Å². The number of ketones is 1. The van der Waals surface area contributed by atoms with Gasteiger partial charge in [-0.25, -0.2) is 0 Å². The molecule has 1 fully saturated rings. The van der Waals surface area contributed by atoms with Gasteiger partial charge in [-0.1, -0.05) is 6.07 Å². The number of nitrogens with one attached hydrogen (secondary N) is 1. The van der Waals surface area contributed by atoms with Crippen LogP contribution < -0.4 is 5.32 Å². The second-order valence-corrected chi connectivity index (χ2v) is 5.96. The van der Waals surface area contributed by atoms with Crippen LogP contribution in [0.4, 0.5) is 0 Å². The summed E-state index contributed by atoms with van der Waals surface area (Å²) in [5.74, 6) is 0.905. The zero-order chi connectivity index (χ0) is 14.0. The number of piperidine rings is 1. The van der Waals surface area contributed by atoms with Crippen LogP contribution in [-0.2, 0) is 0 Å². The summed E-state index contributed by atoms with van der Waals surface area (Å²) in [6.45, 7) is 10.5. The highest BCUT2D eigenvalue weighted by Gasteiger charge is 2.21. The lowest BCUT2D eigenvalue weighted by Gasteiger charge is -2.23. The molecule has 0 bridgehead atoms. The number of hydrogen-bond acceptors (Lipinski definition) is 2. The van der Waals surface area contributed by atoms with E-state index in [0.717, 1.165) is 31.5 Å². The van der Waals surface area contributed by atoms with Crippen molar-refractivity contribution in [1.29, 1.82) is 0 Å². The van der Waals surface area contributed by atoms with Gasteiger partial charge in [0.25, 0.3) is 0 Å². The smallest absolute Gasteiger partial charge is 0.163 e. The Labute approximate surface area is 116 Å². The third-order valence-electron chi connectivity index (χ3n) is 4.58. The Morgan fingerprint density at radius 3 is 2.16 bits per heavy atom. The van der Waals surface area contributed by atoms with Crippen LogP contribution in [0.5, 0.6) is 0 Å². The molecule has 0 radical (unpaired) electrons. The molecule has 2 nitrogen and oxygen atoms in total. The molecule has 1 aromatic rings. The van der Waals surface area contributed by atoms with Crippen LogP contribution in [0.25, 0.3) is 0 Å². The Morgan fingerprint density at radius 1 is 1.11 bits per heavy atom. The average molecular weight is 259 g/mol. The maximum absolute atomic E-state index is 12.6. The fraction of sp³-hybridized carbons (Fsp3) is 0.588. The number of carbonyl (C=O) groups excluding carboxylic acids is 1. The summed E-state index contributed by atoms with van der Waals surface area (Å²) in [5.41, 5.74) is 5.79. The summed E-state index contributed by atoms with van der Waals surface area (Å²) in [7, 11) is 0. The van der Waals surface area contributed by atoms with Crippen LogP contribution in [0.3, 0.4) is 0 Å². The molecule has 1 N–H and O–H groups in total. The Hall–Kier alpha value is -1.15. The second kappa shape index (κ2) is 5.87. The monoisotopic (exact) mass is 259 g/mol. The van der Waals surface area contributed by atoms with E-state index in [1.807, 2.05) is 0 Å². The first-order chi connectivity index (χ1) is 9.00. The number of rotatable bonds is 3. The van der Waals surface area contributed by atoms with Crippen molar-refractivity contribution in [3.05, 3.63) is 33.9 Å². The van der Waals surface area contributed by atoms with Gasteiger partial charge < -0.3 is 5.32 Å². The molecule has 0 aromatic heterocycles. The van der Waals surface area contributed by atoms with E-state index in [1.54, 1.807) is 0 Å². The number of hydrogen-bond donors (Lipinski definition) is 1. The van der Waals surface area contributed by atoms with Gasteiger partial charge in [-0.15, -0.1) is 0 Å². The fourth-order valence-electron chi connectivity index (χ4n) is 3.09. The summed E-state index contributed by atoms with van der Waals surface area (Å²) in [4.78, 5) is 12.6. The van der Waals surface area contributed by atoms with Gasteiger partial charge in [-0.05, 0) is 81.8 Å². The molecule has 1 heterocycles. The number of benzene rings is 1. The quantitative estimate of drug-likeness (QED) is 0.842. The molecule has 104 valence electrons. The van der Waals surface area contributed by atoms with Gasteiger partial charge in [0.2, 0.25) is 0 Å². The first-order valence-corrected chi connectivity index (χ1v) is 7.32. The van der Waals surface area contributed by atoms with E-state index in [0.29, 0.717) is 18.1 Å². The Morgan fingerprint density at radius 2 is 1.63 bits per heavy atom. The second-order valence-electron chi connectivity index (χ2n) is 5.96. The molecule has 19 heavy (non-hydrogen) atoms. The van der Waals surface area contributed by atoms with Crippen molar-refractivity contribution in [1.82, 2.24) is 5.32 Å². The highest BCUT2D eigenvalue weighted by Crippen LogP contribution is 2.26. The lowest BCUT2D eigenvalue weighted by molar-refractivity contribution is 0.0951. The van der Waals surface area contributed by atoms with Crippen molar-refractivity contribution < 1.29 is 4.79 Å². The average Bonchev–Trinajstić information content (AvgIpc) is 2.38. The van der Waals surface area contributed by atoms with E-state index >= 15 is 0 Å². The first-order valence-electron chi connectivity index (χ1n) is 7.32. The number of aryl methyl sites for hydroxylation is 2. The van der Waals surface area contributed by atoms with Gasteiger partial charge in [0.1, 0.15) is 0 Å². The Kier molecular flexibility index (Phi) is 4.41. The Balaban J connectivity index is 2.23. The van der Waals surface area contributed by atoms with E-state index in [2.05, 4.69) is 39.1 Å². The van der Waals surface area contributed by atoms with Crippen molar-refractivity contribution in [2.45, 2.75) is 47.0 Å². The van der Waals surface area contributed by atoms with Crippen LogP contribution in [0.1, 0.15) is 51.9 Å². The molecule has 2 rings (SSSR count). The molecule has 1 aromatic carbocycles. The molecule has 1 aliphatic rings. The Bertz CT molecular complexity index is 458. The zero-order valence-electron chi connectivity index (χ0n) is 12.6. The molecular formula is C17H25NO. The molecule has 1 aliphatic heterocycles. The van der Waals surface area contributed by atoms with Gasteiger partial charge in [-0.2, -0.15) is 0 Å². The van der Waals surface area contributed by atoms with Crippen LogP contribution in [0.15, 0.2) is 6.07 Å². The van der Waals surface area contributed by atoms with E-state index in [4.69, 9.17) is 0 Å². The molecule has 0 spiro atoms. The van der Waals surface area contributed by atoms with Gasteiger partial charge in [-0.3, -0.25) is 4.79 Å². The van der Waals surface area contributed by atoms with E-state index in [9.17, 15) is 4.79 Å². The minimum atomic E-state index is 0.341. The number of Topliss-reactive ketones (excluding diaryl/α,β-unsaturated/α-hetero) is 1. The fourth-order valence-corrected chi connectivity index (χ4v) is 3.09. The van der Waals surface area contributed by atoms with Crippen LogP contribution >= 0.6 is 0 Å². The topological polar surface area (TPSA) is 29.1 Å². The normalized spacial score (nSPS) is 16.6. The van der Waals surface area contributed by atoms with E-state index in [1.165, 1.54) is 22.3 Å². The minimum absolute atomic E-state index is 0.341. The minimum Gasteiger partial charge on any atom is -0.317 e. The van der Waals surface area contributed by atoms with Crippen molar-refractivity contribution in [3.63, 3.8) is 0 Å². The van der Waals surface area contributed by atoms with Crippen LogP contribution in [0.2, 0.25) is 0 Å². The molecule has 0 amide bonds. The summed E-state index contributed by atoms with van der Waals surface area (Å²) >= 11 is 0. The third-order valence-corrected chi connectivity index (χ3v) is 4.58. The summed E-state index contributed by atoms with van der Waals surface area (Å²) in [5, 5.41) is 3.36. The summed E-state index contributed by atoms with van der Waals surface area (Å²) in [6.07, 6.45) is 2.98. The molecule has 1 saturated heterocycles.